The average Bonchev–Trinajstić information content (AvgIpc) is 3.41. The van der Waals surface area contributed by atoms with E-state index in [4.69, 9.17) is 4.98 Å². The minimum absolute atomic E-state index is 0.0795. The van der Waals surface area contributed by atoms with Crippen LogP contribution in [-0.4, -0.2) is 43.4 Å². The lowest BCUT2D eigenvalue weighted by molar-refractivity contribution is -0.131. The highest BCUT2D eigenvalue weighted by atomic mass is 19.1. The van der Waals surface area contributed by atoms with Crippen LogP contribution in [0.5, 0.6) is 0 Å². The third-order valence-electron chi connectivity index (χ3n) is 6.50. The molecule has 1 atom stereocenters. The predicted octanol–water partition coefficient (Wildman–Crippen LogP) is 2.79. The molecule has 31 heavy (non-hydrogen) atoms. The van der Waals surface area contributed by atoms with Gasteiger partial charge in [0.25, 0.3) is 5.56 Å². The first-order valence-electron chi connectivity index (χ1n) is 10.9. The molecule has 1 saturated heterocycles. The van der Waals surface area contributed by atoms with Gasteiger partial charge in [-0.15, -0.1) is 0 Å². The van der Waals surface area contributed by atoms with E-state index in [0.717, 1.165) is 25.1 Å². The van der Waals surface area contributed by atoms with Crippen LogP contribution in [0.2, 0.25) is 0 Å². The number of carbonyl (C=O) groups excluding carboxylic acids is 1. The van der Waals surface area contributed by atoms with Crippen LogP contribution in [0.1, 0.15) is 54.7 Å². The number of nitrogens with zero attached hydrogens (tertiary/aromatic N) is 4. The van der Waals surface area contributed by atoms with Crippen molar-refractivity contribution in [1.29, 1.82) is 0 Å². The topological polar surface area (TPSA) is 73.7 Å². The van der Waals surface area contributed by atoms with E-state index in [-0.39, 0.29) is 23.3 Å². The van der Waals surface area contributed by atoms with Gasteiger partial charge in [0.1, 0.15) is 5.82 Å². The van der Waals surface area contributed by atoms with Gasteiger partial charge in [-0.1, -0.05) is 25.1 Å². The van der Waals surface area contributed by atoms with Crippen molar-refractivity contribution in [3.05, 3.63) is 69.0 Å². The van der Waals surface area contributed by atoms with Crippen LogP contribution < -0.4 is 5.56 Å². The zero-order valence-electron chi connectivity index (χ0n) is 17.6. The number of rotatable bonds is 4. The van der Waals surface area contributed by atoms with Crippen molar-refractivity contribution in [1.82, 2.24) is 24.4 Å². The fourth-order valence-electron chi connectivity index (χ4n) is 4.83. The van der Waals surface area contributed by atoms with E-state index in [1.807, 2.05) is 25.1 Å². The smallest absolute Gasteiger partial charge is 0.276 e. The fourth-order valence-corrected chi connectivity index (χ4v) is 4.83. The first-order valence-corrected chi connectivity index (χ1v) is 10.9. The Balaban J connectivity index is 1.46. The number of aromatic nitrogens is 3. The molecule has 0 spiro atoms. The first-order chi connectivity index (χ1) is 15.0. The van der Waals surface area contributed by atoms with Crippen molar-refractivity contribution in [2.24, 2.45) is 0 Å². The van der Waals surface area contributed by atoms with Gasteiger partial charge in [0.15, 0.2) is 5.65 Å². The molecule has 162 valence electrons. The van der Waals surface area contributed by atoms with E-state index >= 15 is 0 Å². The standard InChI is InChI=1S/C23H26FN5O2/c1-2-22(30)28-11-9-16-19(14-28)25-21-12-18(26-29(21)23(16)31)20-8-5-10-27(20)13-15-6-3-4-7-17(15)24/h3-4,6-7,12,20,26H,2,5,8-11,13-14H2,1H3/t20-/m1/s1. The van der Waals surface area contributed by atoms with Crippen molar-refractivity contribution in [3.8, 4) is 0 Å². The van der Waals surface area contributed by atoms with Gasteiger partial charge in [0.2, 0.25) is 5.91 Å². The van der Waals surface area contributed by atoms with E-state index in [1.54, 1.807) is 11.0 Å². The largest absolute Gasteiger partial charge is 0.336 e. The summed E-state index contributed by atoms with van der Waals surface area (Å²) >= 11 is 0. The minimum atomic E-state index is -0.193. The Bertz CT molecular complexity index is 1200. The molecule has 0 aliphatic carbocycles. The third-order valence-corrected chi connectivity index (χ3v) is 6.50. The Labute approximate surface area is 179 Å². The van der Waals surface area contributed by atoms with Gasteiger partial charge >= 0.3 is 0 Å². The molecule has 0 bridgehead atoms. The summed E-state index contributed by atoms with van der Waals surface area (Å²) in [5.74, 6) is -0.112. The predicted molar refractivity (Wildman–Crippen MR) is 114 cm³/mol. The molecule has 0 radical (unpaired) electrons. The lowest BCUT2D eigenvalue weighted by Crippen LogP contribution is -2.39. The summed E-state index contributed by atoms with van der Waals surface area (Å²) in [5, 5.41) is 3.26. The summed E-state index contributed by atoms with van der Waals surface area (Å²) in [7, 11) is 0. The normalized spacial score (nSPS) is 19.2. The Morgan fingerprint density at radius 3 is 2.94 bits per heavy atom. The summed E-state index contributed by atoms with van der Waals surface area (Å²) in [6.45, 7) is 4.18. The lowest BCUT2D eigenvalue weighted by Gasteiger charge is -2.27. The molecule has 1 fully saturated rings. The number of carbonyl (C=O) groups is 1. The van der Waals surface area contributed by atoms with Crippen LogP contribution in [-0.2, 0) is 24.3 Å². The number of aromatic amines is 1. The Hall–Kier alpha value is -3.00. The number of fused-ring (bicyclic) bond motifs is 2. The van der Waals surface area contributed by atoms with Crippen LogP contribution in [0, 0.1) is 5.82 Å². The number of amides is 1. The summed E-state index contributed by atoms with van der Waals surface area (Å²) in [4.78, 5) is 33.9. The van der Waals surface area contributed by atoms with Gasteiger partial charge < -0.3 is 4.90 Å². The summed E-state index contributed by atoms with van der Waals surface area (Å²) in [6, 6.07) is 8.87. The van der Waals surface area contributed by atoms with Crippen molar-refractivity contribution in [3.63, 3.8) is 0 Å². The third kappa shape index (κ3) is 3.54. The van der Waals surface area contributed by atoms with Crippen molar-refractivity contribution < 1.29 is 9.18 Å². The van der Waals surface area contributed by atoms with E-state index < -0.39 is 0 Å². The van der Waals surface area contributed by atoms with Crippen LogP contribution in [0.4, 0.5) is 4.39 Å². The number of nitrogens with one attached hydrogen (secondary N) is 1. The highest BCUT2D eigenvalue weighted by molar-refractivity contribution is 5.76. The second-order valence-electron chi connectivity index (χ2n) is 8.39. The summed E-state index contributed by atoms with van der Waals surface area (Å²) in [6.07, 6.45) is 2.92. The van der Waals surface area contributed by atoms with Gasteiger partial charge in [-0.25, -0.2) is 13.9 Å². The number of H-pyrrole nitrogens is 1. The van der Waals surface area contributed by atoms with E-state index in [9.17, 15) is 14.0 Å². The summed E-state index contributed by atoms with van der Waals surface area (Å²) in [5.41, 5.74) is 3.45. The van der Waals surface area contributed by atoms with Gasteiger partial charge in [0.05, 0.1) is 24.0 Å². The van der Waals surface area contributed by atoms with E-state index in [0.29, 0.717) is 54.9 Å². The van der Waals surface area contributed by atoms with Crippen LogP contribution in [0.15, 0.2) is 35.1 Å². The molecule has 2 aliphatic heterocycles. The molecule has 1 amide bonds. The molecule has 2 aliphatic rings. The number of likely N-dealkylation sites (tertiary alicyclic amines) is 1. The quantitative estimate of drug-likeness (QED) is 0.700. The second kappa shape index (κ2) is 7.92. The van der Waals surface area contributed by atoms with Crippen molar-refractivity contribution in [2.45, 2.75) is 51.7 Å². The monoisotopic (exact) mass is 423 g/mol. The first kappa shape index (κ1) is 19.9. The van der Waals surface area contributed by atoms with Gasteiger partial charge in [0, 0.05) is 36.7 Å². The van der Waals surface area contributed by atoms with Gasteiger partial charge in [-0.05, 0) is 31.9 Å². The molecule has 4 heterocycles. The highest BCUT2D eigenvalue weighted by Gasteiger charge is 2.30. The van der Waals surface area contributed by atoms with Crippen LogP contribution in [0.25, 0.3) is 5.65 Å². The van der Waals surface area contributed by atoms with Gasteiger partial charge in [-0.2, -0.15) is 0 Å². The maximum atomic E-state index is 14.2. The Morgan fingerprint density at radius 2 is 2.13 bits per heavy atom. The molecule has 0 unspecified atom stereocenters. The highest BCUT2D eigenvalue weighted by Crippen LogP contribution is 2.33. The fraction of sp³-hybridized carbons (Fsp3) is 0.435. The zero-order valence-corrected chi connectivity index (χ0v) is 17.6. The maximum Gasteiger partial charge on any atom is 0.276 e. The molecule has 0 saturated carbocycles. The summed E-state index contributed by atoms with van der Waals surface area (Å²) < 4.78 is 15.7. The van der Waals surface area contributed by atoms with Crippen LogP contribution in [0.3, 0.4) is 0 Å². The molecular weight excluding hydrogens is 397 g/mol. The molecule has 5 rings (SSSR count). The molecule has 7 nitrogen and oxygen atoms in total. The SMILES string of the molecule is CCC(=O)N1CCc2c(nc3cc([C@H]4CCCN4Cc4ccccc4F)[nH]n3c2=O)C1. The van der Waals surface area contributed by atoms with E-state index in [2.05, 4.69) is 10.00 Å². The Kier molecular flexibility index (Phi) is 5.09. The van der Waals surface area contributed by atoms with Crippen molar-refractivity contribution in [2.75, 3.05) is 13.1 Å². The van der Waals surface area contributed by atoms with E-state index in [1.165, 1.54) is 10.6 Å². The average molecular weight is 423 g/mol. The molecular formula is C23H26FN5O2. The number of hydrogen-bond acceptors (Lipinski definition) is 4. The van der Waals surface area contributed by atoms with Crippen LogP contribution >= 0.6 is 0 Å². The molecule has 1 aromatic carbocycles. The number of benzene rings is 1. The zero-order chi connectivity index (χ0) is 21.5. The Morgan fingerprint density at radius 1 is 1.29 bits per heavy atom. The molecule has 2 aromatic heterocycles. The molecule has 1 N–H and O–H groups in total. The maximum absolute atomic E-state index is 14.2. The number of hydrogen-bond donors (Lipinski definition) is 1. The van der Waals surface area contributed by atoms with Crippen molar-refractivity contribution >= 4 is 11.6 Å². The lowest BCUT2D eigenvalue weighted by atomic mass is 10.1. The number of halogens is 1. The second-order valence-corrected chi connectivity index (χ2v) is 8.39. The molecule has 3 aromatic rings. The molecule has 8 heteroatoms. The minimum Gasteiger partial charge on any atom is -0.336 e. The van der Waals surface area contributed by atoms with Gasteiger partial charge in [-0.3, -0.25) is 19.6 Å².